The molecule has 0 aliphatic carbocycles. The van der Waals surface area contributed by atoms with Gasteiger partial charge in [-0.15, -0.1) is 0 Å². The lowest BCUT2D eigenvalue weighted by Crippen LogP contribution is -2.16. The van der Waals surface area contributed by atoms with Crippen LogP contribution < -0.4 is 5.32 Å². The zero-order valence-corrected chi connectivity index (χ0v) is 16.3. The van der Waals surface area contributed by atoms with Crippen LogP contribution in [0.15, 0.2) is 47.2 Å². The summed E-state index contributed by atoms with van der Waals surface area (Å²) in [7, 11) is 0. The number of halogens is 2. The number of aromatic nitrogens is 4. The van der Waals surface area contributed by atoms with Crippen molar-refractivity contribution in [3.05, 3.63) is 63.5 Å². The summed E-state index contributed by atoms with van der Waals surface area (Å²) in [5.74, 6) is -0.936. The van der Waals surface area contributed by atoms with Crippen molar-refractivity contribution in [2.45, 2.75) is 19.5 Å². The molecule has 0 radical (unpaired) electrons. The Labute approximate surface area is 167 Å². The Morgan fingerprint density at radius 1 is 1.15 bits per heavy atom. The number of benzene rings is 1. The van der Waals surface area contributed by atoms with Crippen molar-refractivity contribution < 1.29 is 14.7 Å². The van der Waals surface area contributed by atoms with Gasteiger partial charge in [-0.25, -0.2) is 4.79 Å². The van der Waals surface area contributed by atoms with E-state index in [1.54, 1.807) is 10.9 Å². The molecule has 0 aliphatic heterocycles. The van der Waals surface area contributed by atoms with Gasteiger partial charge in [0.25, 0.3) is 0 Å². The number of nitrogens with zero attached hydrogens (tertiary/aromatic N) is 4. The van der Waals surface area contributed by atoms with Crippen molar-refractivity contribution in [1.29, 1.82) is 0 Å². The Kier molecular flexibility index (Phi) is 5.92. The van der Waals surface area contributed by atoms with E-state index in [-0.39, 0.29) is 24.6 Å². The Bertz CT molecular complexity index is 967. The predicted molar refractivity (Wildman–Crippen MR) is 103 cm³/mol. The number of hydrogen-bond donors (Lipinski definition) is 2. The number of hydrogen-bond acceptors (Lipinski definition) is 4. The zero-order chi connectivity index (χ0) is 19.4. The van der Waals surface area contributed by atoms with Crippen LogP contribution in [0.5, 0.6) is 0 Å². The summed E-state index contributed by atoms with van der Waals surface area (Å²) in [5, 5.41) is 20.5. The lowest BCUT2D eigenvalue weighted by atomic mass is 10.2. The van der Waals surface area contributed by atoms with E-state index in [2.05, 4.69) is 31.4 Å². The normalized spacial score (nSPS) is 10.7. The quantitative estimate of drug-likeness (QED) is 0.573. The molecule has 27 heavy (non-hydrogen) atoms. The lowest BCUT2D eigenvalue weighted by molar-refractivity contribution is -0.116. The minimum atomic E-state index is -1.10. The maximum Gasteiger partial charge on any atom is 0.356 e. The van der Waals surface area contributed by atoms with Gasteiger partial charge in [0.15, 0.2) is 11.5 Å². The van der Waals surface area contributed by atoms with Crippen molar-refractivity contribution >= 4 is 45.2 Å². The summed E-state index contributed by atoms with van der Waals surface area (Å²) in [6.45, 7) is 0.805. The number of aryl methyl sites for hydroxylation is 1. The maximum absolute atomic E-state index is 12.1. The van der Waals surface area contributed by atoms with Gasteiger partial charge in [-0.05, 0) is 39.7 Å². The summed E-state index contributed by atoms with van der Waals surface area (Å²) >= 11 is 9.26. The van der Waals surface area contributed by atoms with Gasteiger partial charge in [0.2, 0.25) is 5.91 Å². The van der Waals surface area contributed by atoms with Gasteiger partial charge in [-0.2, -0.15) is 10.2 Å². The molecule has 1 aromatic carbocycles. The molecular formula is C17H15BrClN5O3. The molecule has 140 valence electrons. The SMILES string of the molecule is O=C(CCn1ccc(C(=O)O)n1)Nc1nn(Cc2ccc(Cl)cc2)cc1Br. The molecule has 0 bridgehead atoms. The number of carboxylic acid groups (broad SMARTS) is 1. The number of nitrogens with one attached hydrogen (secondary N) is 1. The molecule has 1 amide bonds. The largest absolute Gasteiger partial charge is 0.476 e. The second kappa shape index (κ2) is 8.36. The average Bonchev–Trinajstić information content (AvgIpc) is 3.22. The highest BCUT2D eigenvalue weighted by atomic mass is 79.9. The van der Waals surface area contributed by atoms with Crippen molar-refractivity contribution in [2.24, 2.45) is 0 Å². The molecule has 2 heterocycles. The first-order valence-corrected chi connectivity index (χ1v) is 9.12. The molecule has 0 saturated heterocycles. The standard InChI is InChI=1S/C17H15BrClN5O3/c18-13-10-24(9-11-1-3-12(19)4-2-11)22-16(13)20-15(25)6-8-23-7-5-14(21-23)17(26)27/h1-5,7,10H,6,8-9H2,(H,26,27)(H,20,22,25). The fourth-order valence-corrected chi connectivity index (χ4v) is 2.89. The van der Waals surface area contributed by atoms with Gasteiger partial charge in [-0.3, -0.25) is 14.2 Å². The average molecular weight is 453 g/mol. The third-order valence-electron chi connectivity index (χ3n) is 3.66. The lowest BCUT2D eigenvalue weighted by Gasteiger charge is -2.04. The number of carbonyl (C=O) groups excluding carboxylic acids is 1. The van der Waals surface area contributed by atoms with Gasteiger partial charge in [-0.1, -0.05) is 23.7 Å². The van der Waals surface area contributed by atoms with Crippen molar-refractivity contribution in [2.75, 3.05) is 5.32 Å². The van der Waals surface area contributed by atoms with E-state index in [1.165, 1.54) is 16.9 Å². The first-order valence-electron chi connectivity index (χ1n) is 7.95. The highest BCUT2D eigenvalue weighted by molar-refractivity contribution is 9.10. The molecule has 8 nitrogen and oxygen atoms in total. The Hall–Kier alpha value is -2.65. The number of anilines is 1. The van der Waals surface area contributed by atoms with Crippen LogP contribution in [0.25, 0.3) is 0 Å². The fraction of sp³-hybridized carbons (Fsp3) is 0.176. The minimum Gasteiger partial charge on any atom is -0.476 e. The van der Waals surface area contributed by atoms with Crippen LogP contribution in [0.4, 0.5) is 5.82 Å². The van der Waals surface area contributed by atoms with Crippen molar-refractivity contribution in [3.63, 3.8) is 0 Å². The molecular weight excluding hydrogens is 438 g/mol. The zero-order valence-electron chi connectivity index (χ0n) is 14.0. The Balaban J connectivity index is 1.56. The van der Waals surface area contributed by atoms with Crippen LogP contribution in [0.3, 0.4) is 0 Å². The summed E-state index contributed by atoms with van der Waals surface area (Å²) in [6, 6.07) is 8.82. The molecule has 3 rings (SSSR count). The van der Waals surface area contributed by atoms with Gasteiger partial charge in [0.1, 0.15) is 0 Å². The summed E-state index contributed by atoms with van der Waals surface area (Å²) in [5.41, 5.74) is 0.972. The Morgan fingerprint density at radius 3 is 2.56 bits per heavy atom. The summed E-state index contributed by atoms with van der Waals surface area (Å²) in [6.07, 6.45) is 3.43. The van der Waals surface area contributed by atoms with Gasteiger partial charge >= 0.3 is 5.97 Å². The van der Waals surface area contributed by atoms with E-state index < -0.39 is 5.97 Å². The van der Waals surface area contributed by atoms with Gasteiger partial charge in [0.05, 0.1) is 11.0 Å². The van der Waals surface area contributed by atoms with Gasteiger partial charge in [0, 0.05) is 30.4 Å². The van der Waals surface area contributed by atoms with Crippen LogP contribution in [0, 0.1) is 0 Å². The highest BCUT2D eigenvalue weighted by Crippen LogP contribution is 2.21. The number of rotatable bonds is 7. The molecule has 0 fully saturated rings. The molecule has 10 heteroatoms. The van der Waals surface area contributed by atoms with Crippen LogP contribution >= 0.6 is 27.5 Å². The van der Waals surface area contributed by atoms with Gasteiger partial charge < -0.3 is 10.4 Å². The van der Waals surface area contributed by atoms with E-state index in [0.717, 1.165) is 5.56 Å². The summed E-state index contributed by atoms with van der Waals surface area (Å²) in [4.78, 5) is 22.9. The molecule has 0 unspecified atom stereocenters. The second-order valence-corrected chi connectivity index (χ2v) is 7.01. The van der Waals surface area contributed by atoms with E-state index in [4.69, 9.17) is 16.7 Å². The fourth-order valence-electron chi connectivity index (χ4n) is 2.35. The van der Waals surface area contributed by atoms with Crippen molar-refractivity contribution in [1.82, 2.24) is 19.6 Å². The Morgan fingerprint density at radius 2 is 1.89 bits per heavy atom. The first kappa shape index (κ1) is 19.1. The van der Waals surface area contributed by atoms with E-state index in [9.17, 15) is 9.59 Å². The van der Waals surface area contributed by atoms with Crippen molar-refractivity contribution in [3.8, 4) is 0 Å². The smallest absolute Gasteiger partial charge is 0.356 e. The third kappa shape index (κ3) is 5.18. The molecule has 3 aromatic rings. The topological polar surface area (TPSA) is 102 Å². The number of carboxylic acids is 1. The number of aromatic carboxylic acids is 1. The van der Waals surface area contributed by atoms with Crippen LogP contribution in [0.1, 0.15) is 22.5 Å². The molecule has 0 spiro atoms. The molecule has 2 aromatic heterocycles. The maximum atomic E-state index is 12.1. The molecule has 2 N–H and O–H groups in total. The predicted octanol–water partition coefficient (Wildman–Crippen LogP) is 3.27. The van der Waals surface area contributed by atoms with Crippen LogP contribution in [0.2, 0.25) is 5.02 Å². The minimum absolute atomic E-state index is 0.0564. The molecule has 0 saturated carbocycles. The highest BCUT2D eigenvalue weighted by Gasteiger charge is 2.12. The monoisotopic (exact) mass is 451 g/mol. The van der Waals surface area contributed by atoms with E-state index in [1.807, 2.05) is 24.3 Å². The van der Waals surface area contributed by atoms with Crippen LogP contribution in [-0.4, -0.2) is 36.5 Å². The van der Waals surface area contributed by atoms with E-state index >= 15 is 0 Å². The molecule has 0 aliphatic rings. The van der Waals surface area contributed by atoms with Crippen LogP contribution in [-0.2, 0) is 17.9 Å². The third-order valence-corrected chi connectivity index (χ3v) is 4.49. The van der Waals surface area contributed by atoms with E-state index in [0.29, 0.717) is 21.9 Å². The summed E-state index contributed by atoms with van der Waals surface area (Å²) < 4.78 is 3.78. The molecule has 0 atom stereocenters. The number of amides is 1. The second-order valence-electron chi connectivity index (χ2n) is 5.72. The number of carbonyl (C=O) groups is 2. The first-order chi connectivity index (χ1) is 12.9.